The van der Waals surface area contributed by atoms with Crippen molar-refractivity contribution in [1.29, 1.82) is 0 Å². The minimum atomic E-state index is -0.944. The Labute approximate surface area is 198 Å². The molecule has 2 amide bonds. The number of esters is 2. The number of methoxy groups -OCH3 is 2. The molecule has 10 heteroatoms. The normalized spacial score (nSPS) is 13.1. The highest BCUT2D eigenvalue weighted by molar-refractivity contribution is 5.85. The van der Waals surface area contributed by atoms with Gasteiger partial charge in [-0.3, -0.25) is 19.2 Å². The maximum atomic E-state index is 12.5. The van der Waals surface area contributed by atoms with Gasteiger partial charge in [0.1, 0.15) is 12.1 Å². The second kappa shape index (κ2) is 15.6. The fraction of sp³-hybridized carbons (Fsp3) is 0.826. The Morgan fingerprint density at radius 2 is 1.27 bits per heavy atom. The number of ether oxygens (including phenoxy) is 2. The number of rotatable bonds is 15. The van der Waals surface area contributed by atoms with Crippen molar-refractivity contribution in [2.24, 2.45) is 11.1 Å². The number of nitrogens with zero attached hydrogens (tertiary/aromatic N) is 2. The van der Waals surface area contributed by atoms with Gasteiger partial charge in [0.2, 0.25) is 11.8 Å². The highest BCUT2D eigenvalue weighted by atomic mass is 16.5. The molecule has 2 unspecified atom stereocenters. The van der Waals surface area contributed by atoms with Crippen molar-refractivity contribution >= 4 is 23.8 Å². The van der Waals surface area contributed by atoms with Crippen molar-refractivity contribution in [2.75, 3.05) is 47.9 Å². The van der Waals surface area contributed by atoms with Crippen LogP contribution in [0.5, 0.6) is 0 Å². The maximum absolute atomic E-state index is 12.5. The number of nitrogens with two attached hydrogens (primary N) is 1. The Bertz CT molecular complexity index is 635. The van der Waals surface area contributed by atoms with Crippen molar-refractivity contribution in [1.82, 2.24) is 15.1 Å². The van der Waals surface area contributed by atoms with E-state index in [1.165, 1.54) is 14.2 Å². The number of amides is 2. The minimum absolute atomic E-state index is 0.0206. The number of hydrogen-bond acceptors (Lipinski definition) is 8. The number of carbonyl (C=O) groups is 4. The first-order valence-electron chi connectivity index (χ1n) is 11.4. The van der Waals surface area contributed by atoms with Crippen molar-refractivity contribution in [3.63, 3.8) is 0 Å². The molecule has 10 nitrogen and oxygen atoms in total. The summed E-state index contributed by atoms with van der Waals surface area (Å²) >= 11 is 0. The zero-order chi connectivity index (χ0) is 25.6. The van der Waals surface area contributed by atoms with E-state index in [1.807, 2.05) is 20.8 Å². The van der Waals surface area contributed by atoms with Gasteiger partial charge in [0.25, 0.3) is 0 Å². The van der Waals surface area contributed by atoms with Crippen LogP contribution < -0.4 is 11.1 Å². The molecule has 0 bridgehead atoms. The molecule has 0 aromatic heterocycles. The van der Waals surface area contributed by atoms with Gasteiger partial charge in [-0.25, -0.2) is 0 Å². The lowest BCUT2D eigenvalue weighted by Crippen LogP contribution is -2.45. The van der Waals surface area contributed by atoms with Gasteiger partial charge < -0.3 is 30.3 Å². The van der Waals surface area contributed by atoms with Gasteiger partial charge >= 0.3 is 11.9 Å². The van der Waals surface area contributed by atoms with Gasteiger partial charge in [-0.15, -0.1) is 0 Å². The zero-order valence-electron chi connectivity index (χ0n) is 21.4. The van der Waals surface area contributed by atoms with Crippen LogP contribution in [0, 0.1) is 5.41 Å². The van der Waals surface area contributed by atoms with Gasteiger partial charge in [-0.05, 0) is 18.3 Å². The molecule has 2 atom stereocenters. The SMILES string of the molecule is COC(=O)C(N)CC(=O)N(C)CCCCCCN(C)C(=O)CC(NCC(C)(C)C)C(=O)OC. The molecular formula is C23H44N4O6. The molecule has 0 aliphatic carbocycles. The molecule has 0 aliphatic rings. The summed E-state index contributed by atoms with van der Waals surface area (Å²) in [7, 11) is 5.98. The Morgan fingerprint density at radius 3 is 1.70 bits per heavy atom. The summed E-state index contributed by atoms with van der Waals surface area (Å²) in [5.41, 5.74) is 5.60. The van der Waals surface area contributed by atoms with E-state index in [0.717, 1.165) is 25.7 Å². The Hall–Kier alpha value is -2.20. The molecule has 0 aromatic rings. The summed E-state index contributed by atoms with van der Waals surface area (Å²) in [6, 6.07) is -1.61. The van der Waals surface area contributed by atoms with Crippen molar-refractivity contribution in [3.05, 3.63) is 0 Å². The van der Waals surface area contributed by atoms with Crippen LogP contribution in [0.1, 0.15) is 59.3 Å². The number of hydrogen-bond donors (Lipinski definition) is 2. The first-order chi connectivity index (χ1) is 15.3. The van der Waals surface area contributed by atoms with E-state index in [2.05, 4.69) is 10.1 Å². The van der Waals surface area contributed by atoms with Crippen LogP contribution in [0.4, 0.5) is 0 Å². The van der Waals surface area contributed by atoms with E-state index >= 15 is 0 Å². The van der Waals surface area contributed by atoms with E-state index in [0.29, 0.717) is 19.6 Å². The predicted molar refractivity (Wildman–Crippen MR) is 126 cm³/mol. The average molecular weight is 473 g/mol. The molecule has 0 heterocycles. The molecule has 0 aliphatic heterocycles. The Kier molecular flexibility index (Phi) is 14.6. The quantitative estimate of drug-likeness (QED) is 0.266. The molecule has 0 spiro atoms. The van der Waals surface area contributed by atoms with E-state index in [-0.39, 0.29) is 30.1 Å². The first kappa shape index (κ1) is 30.8. The highest BCUT2D eigenvalue weighted by Crippen LogP contribution is 2.12. The van der Waals surface area contributed by atoms with E-state index < -0.39 is 24.0 Å². The fourth-order valence-corrected chi connectivity index (χ4v) is 3.02. The molecule has 192 valence electrons. The smallest absolute Gasteiger partial charge is 0.323 e. The van der Waals surface area contributed by atoms with Crippen LogP contribution in [0.15, 0.2) is 0 Å². The van der Waals surface area contributed by atoms with Gasteiger partial charge in [-0.1, -0.05) is 33.6 Å². The third kappa shape index (κ3) is 13.8. The highest BCUT2D eigenvalue weighted by Gasteiger charge is 2.25. The summed E-state index contributed by atoms with van der Waals surface area (Å²) in [4.78, 5) is 51.1. The third-order valence-corrected chi connectivity index (χ3v) is 5.23. The molecule has 33 heavy (non-hydrogen) atoms. The first-order valence-corrected chi connectivity index (χ1v) is 11.4. The van der Waals surface area contributed by atoms with Crippen LogP contribution in [0.25, 0.3) is 0 Å². The summed E-state index contributed by atoms with van der Waals surface area (Å²) < 4.78 is 9.36. The van der Waals surface area contributed by atoms with Crippen LogP contribution in [-0.2, 0) is 28.7 Å². The van der Waals surface area contributed by atoms with E-state index in [4.69, 9.17) is 10.5 Å². The van der Waals surface area contributed by atoms with Crippen molar-refractivity contribution in [2.45, 2.75) is 71.4 Å². The van der Waals surface area contributed by atoms with Crippen LogP contribution >= 0.6 is 0 Å². The van der Waals surface area contributed by atoms with Gasteiger partial charge in [0.15, 0.2) is 0 Å². The minimum Gasteiger partial charge on any atom is -0.468 e. The summed E-state index contributed by atoms with van der Waals surface area (Å²) in [5.74, 6) is -1.34. The average Bonchev–Trinajstić information content (AvgIpc) is 2.76. The molecule has 0 rings (SSSR count). The number of unbranched alkanes of at least 4 members (excludes halogenated alkanes) is 3. The molecule has 0 saturated heterocycles. The van der Waals surface area contributed by atoms with E-state index in [1.54, 1.807) is 23.9 Å². The molecule has 0 aromatic carbocycles. The maximum Gasteiger partial charge on any atom is 0.323 e. The molecule has 3 N–H and O–H groups in total. The molecule has 0 fully saturated rings. The van der Waals surface area contributed by atoms with Crippen LogP contribution in [0.3, 0.4) is 0 Å². The summed E-state index contributed by atoms with van der Waals surface area (Å²) in [5, 5.41) is 3.13. The fourth-order valence-electron chi connectivity index (χ4n) is 3.02. The molecule has 0 radical (unpaired) electrons. The zero-order valence-corrected chi connectivity index (χ0v) is 21.4. The standard InChI is InChI=1S/C23H44N4O6/c1-23(2,3)16-25-18(22(31)33-7)15-20(29)27(5)13-11-9-8-10-12-26(4)19(28)14-17(24)21(30)32-6/h17-18,25H,8-16,24H2,1-7H3. The van der Waals surface area contributed by atoms with Gasteiger partial charge in [0.05, 0.1) is 27.1 Å². The van der Waals surface area contributed by atoms with E-state index in [9.17, 15) is 19.2 Å². The monoisotopic (exact) mass is 472 g/mol. The number of nitrogens with one attached hydrogen (secondary N) is 1. The van der Waals surface area contributed by atoms with Crippen LogP contribution in [-0.4, -0.2) is 93.6 Å². The Balaban J connectivity index is 4.23. The lowest BCUT2D eigenvalue weighted by atomic mass is 9.96. The largest absolute Gasteiger partial charge is 0.468 e. The number of carbonyl (C=O) groups excluding carboxylic acids is 4. The topological polar surface area (TPSA) is 131 Å². The summed E-state index contributed by atoms with van der Waals surface area (Å²) in [6.07, 6.45) is 3.43. The van der Waals surface area contributed by atoms with Gasteiger partial charge in [-0.2, -0.15) is 0 Å². The molecule has 0 saturated carbocycles. The van der Waals surface area contributed by atoms with Crippen LogP contribution in [0.2, 0.25) is 0 Å². The lowest BCUT2D eigenvalue weighted by molar-refractivity contribution is -0.146. The second-order valence-electron chi connectivity index (χ2n) is 9.60. The van der Waals surface area contributed by atoms with Crippen molar-refractivity contribution in [3.8, 4) is 0 Å². The summed E-state index contributed by atoms with van der Waals surface area (Å²) in [6.45, 7) is 7.90. The predicted octanol–water partition coefficient (Wildman–Crippen LogP) is 0.921. The Morgan fingerprint density at radius 1 is 0.818 bits per heavy atom. The van der Waals surface area contributed by atoms with Crippen molar-refractivity contribution < 1.29 is 28.7 Å². The second-order valence-corrected chi connectivity index (χ2v) is 9.60. The molecular weight excluding hydrogens is 428 g/mol. The third-order valence-electron chi connectivity index (χ3n) is 5.23. The van der Waals surface area contributed by atoms with Gasteiger partial charge in [0, 0.05) is 33.7 Å². The lowest BCUT2D eigenvalue weighted by Gasteiger charge is -2.25.